The zero-order valence-electron chi connectivity index (χ0n) is 11.5. The molecule has 1 aliphatic heterocycles. The van der Waals surface area contributed by atoms with Crippen LogP contribution in [-0.2, 0) is 11.2 Å². The third kappa shape index (κ3) is 2.57. The van der Waals surface area contributed by atoms with Gasteiger partial charge in [-0.15, -0.1) is 11.6 Å². The molecule has 0 amide bonds. The van der Waals surface area contributed by atoms with Crippen molar-refractivity contribution in [1.82, 2.24) is 9.78 Å². The van der Waals surface area contributed by atoms with E-state index in [-0.39, 0.29) is 11.5 Å². The summed E-state index contributed by atoms with van der Waals surface area (Å²) in [5.41, 5.74) is 1.20. The fourth-order valence-electron chi connectivity index (χ4n) is 2.54. The smallest absolute Gasteiger partial charge is 0.0631 e. The normalized spacial score (nSPS) is 29.7. The second kappa shape index (κ2) is 5.62. The molecule has 0 spiro atoms. The van der Waals surface area contributed by atoms with Crippen LogP contribution in [0.5, 0.6) is 0 Å². The first kappa shape index (κ1) is 13.9. The summed E-state index contributed by atoms with van der Waals surface area (Å²) in [5.74, 6) is 0.643. The second-order valence-electron chi connectivity index (χ2n) is 5.48. The maximum absolute atomic E-state index is 6.19. The third-order valence-electron chi connectivity index (χ3n) is 4.34. The van der Waals surface area contributed by atoms with Crippen molar-refractivity contribution in [2.75, 3.05) is 12.5 Å². The minimum Gasteiger partial charge on any atom is -0.378 e. The Bertz CT molecular complexity index is 393. The Labute approximate surface area is 114 Å². The predicted molar refractivity (Wildman–Crippen MR) is 74.1 cm³/mol. The van der Waals surface area contributed by atoms with E-state index >= 15 is 0 Å². The number of ether oxygens (including phenoxy) is 1. The molecular formula is C14H23ClN2O. The molecule has 2 rings (SSSR count). The van der Waals surface area contributed by atoms with Crippen LogP contribution < -0.4 is 0 Å². The summed E-state index contributed by atoms with van der Waals surface area (Å²) in [6.45, 7) is 7.32. The van der Waals surface area contributed by atoms with E-state index in [0.29, 0.717) is 11.9 Å². The Balaban J connectivity index is 2.10. The number of aromatic nitrogens is 2. The van der Waals surface area contributed by atoms with E-state index in [1.807, 2.05) is 0 Å². The maximum atomic E-state index is 6.19. The fraction of sp³-hybridized carbons (Fsp3) is 0.786. The van der Waals surface area contributed by atoms with E-state index in [1.54, 1.807) is 0 Å². The highest BCUT2D eigenvalue weighted by atomic mass is 35.5. The van der Waals surface area contributed by atoms with Crippen LogP contribution in [0.1, 0.15) is 45.3 Å². The van der Waals surface area contributed by atoms with Gasteiger partial charge in [-0.3, -0.25) is 4.68 Å². The van der Waals surface area contributed by atoms with Gasteiger partial charge in [0, 0.05) is 36.6 Å². The topological polar surface area (TPSA) is 27.1 Å². The SMILES string of the molecule is CCC(C)n1ccc(CC2(CCl)CCOC2C)n1. The van der Waals surface area contributed by atoms with Crippen LogP contribution in [0.25, 0.3) is 0 Å². The Morgan fingerprint density at radius 1 is 1.67 bits per heavy atom. The lowest BCUT2D eigenvalue weighted by atomic mass is 9.79. The fourth-order valence-corrected chi connectivity index (χ4v) is 2.98. The van der Waals surface area contributed by atoms with Gasteiger partial charge < -0.3 is 4.74 Å². The highest BCUT2D eigenvalue weighted by molar-refractivity contribution is 6.18. The summed E-state index contributed by atoms with van der Waals surface area (Å²) in [6.07, 6.45) is 5.35. The van der Waals surface area contributed by atoms with Gasteiger partial charge in [0.1, 0.15) is 0 Å². The van der Waals surface area contributed by atoms with Crippen LogP contribution in [0, 0.1) is 5.41 Å². The van der Waals surface area contributed by atoms with Crippen molar-refractivity contribution in [2.24, 2.45) is 5.41 Å². The molecule has 1 saturated heterocycles. The number of nitrogens with zero attached hydrogens (tertiary/aromatic N) is 2. The van der Waals surface area contributed by atoms with E-state index in [1.165, 1.54) is 0 Å². The highest BCUT2D eigenvalue weighted by Crippen LogP contribution is 2.39. The molecule has 1 aromatic heterocycles. The Hall–Kier alpha value is -0.540. The number of alkyl halides is 1. The van der Waals surface area contributed by atoms with E-state index in [9.17, 15) is 0 Å². The van der Waals surface area contributed by atoms with E-state index in [2.05, 4.69) is 42.8 Å². The molecule has 3 unspecified atom stereocenters. The van der Waals surface area contributed by atoms with Gasteiger partial charge in [0.05, 0.1) is 11.8 Å². The van der Waals surface area contributed by atoms with Gasteiger partial charge in [-0.25, -0.2) is 0 Å². The van der Waals surface area contributed by atoms with Gasteiger partial charge in [-0.1, -0.05) is 6.92 Å². The minimum absolute atomic E-state index is 0.0657. The van der Waals surface area contributed by atoms with E-state index in [4.69, 9.17) is 16.3 Å². The molecule has 1 fully saturated rings. The van der Waals surface area contributed by atoms with Crippen LogP contribution in [0.15, 0.2) is 12.3 Å². The lowest BCUT2D eigenvalue weighted by Gasteiger charge is -2.29. The molecule has 1 aliphatic rings. The zero-order chi connectivity index (χ0) is 13.2. The molecule has 0 radical (unpaired) electrons. The largest absolute Gasteiger partial charge is 0.378 e. The average Bonchev–Trinajstić information content (AvgIpc) is 2.97. The Morgan fingerprint density at radius 3 is 3.00 bits per heavy atom. The summed E-state index contributed by atoms with van der Waals surface area (Å²) < 4.78 is 7.74. The van der Waals surface area contributed by atoms with Crippen LogP contribution in [0.2, 0.25) is 0 Å². The van der Waals surface area contributed by atoms with Gasteiger partial charge in [-0.05, 0) is 32.8 Å². The summed E-state index contributed by atoms with van der Waals surface area (Å²) in [4.78, 5) is 0. The summed E-state index contributed by atoms with van der Waals surface area (Å²) in [6, 6.07) is 2.58. The summed E-state index contributed by atoms with van der Waals surface area (Å²) >= 11 is 6.19. The van der Waals surface area contributed by atoms with E-state index in [0.717, 1.165) is 31.6 Å². The minimum atomic E-state index is 0.0657. The monoisotopic (exact) mass is 270 g/mol. The first-order chi connectivity index (χ1) is 8.61. The lowest BCUT2D eigenvalue weighted by molar-refractivity contribution is 0.0730. The third-order valence-corrected chi connectivity index (χ3v) is 4.87. The van der Waals surface area contributed by atoms with Gasteiger partial charge in [0.25, 0.3) is 0 Å². The standard InChI is InChI=1S/C14H23ClN2O/c1-4-11(2)17-7-5-13(16-17)9-14(10-15)6-8-18-12(14)3/h5,7,11-12H,4,6,8-10H2,1-3H3. The molecule has 102 valence electrons. The van der Waals surface area contributed by atoms with Crippen molar-refractivity contribution in [3.05, 3.63) is 18.0 Å². The summed E-state index contributed by atoms with van der Waals surface area (Å²) in [5, 5.41) is 4.67. The highest BCUT2D eigenvalue weighted by Gasteiger charge is 2.41. The molecular weight excluding hydrogens is 248 g/mol. The van der Waals surface area contributed by atoms with Crippen LogP contribution in [0.3, 0.4) is 0 Å². The molecule has 0 aromatic carbocycles. The lowest BCUT2D eigenvalue weighted by Crippen LogP contribution is -2.33. The zero-order valence-corrected chi connectivity index (χ0v) is 12.3. The molecule has 0 N–H and O–H groups in total. The van der Waals surface area contributed by atoms with Crippen LogP contribution in [-0.4, -0.2) is 28.4 Å². The maximum Gasteiger partial charge on any atom is 0.0631 e. The number of hydrogen-bond donors (Lipinski definition) is 0. The quantitative estimate of drug-likeness (QED) is 0.767. The van der Waals surface area contributed by atoms with Crippen molar-refractivity contribution >= 4 is 11.6 Å². The average molecular weight is 271 g/mol. The molecule has 0 bridgehead atoms. The first-order valence-corrected chi connectivity index (χ1v) is 7.36. The van der Waals surface area contributed by atoms with E-state index < -0.39 is 0 Å². The Kier molecular flexibility index (Phi) is 4.33. The molecule has 1 aromatic rings. The van der Waals surface area contributed by atoms with Gasteiger partial charge in [0.15, 0.2) is 0 Å². The molecule has 2 heterocycles. The predicted octanol–water partition coefficient (Wildman–Crippen LogP) is 3.43. The van der Waals surface area contributed by atoms with Crippen molar-refractivity contribution in [2.45, 2.75) is 52.2 Å². The molecule has 18 heavy (non-hydrogen) atoms. The molecule has 3 nitrogen and oxygen atoms in total. The molecule has 3 atom stereocenters. The van der Waals surface area contributed by atoms with Gasteiger partial charge in [0.2, 0.25) is 0 Å². The summed E-state index contributed by atoms with van der Waals surface area (Å²) in [7, 11) is 0. The number of rotatable bonds is 5. The van der Waals surface area contributed by atoms with Crippen molar-refractivity contribution in [1.29, 1.82) is 0 Å². The van der Waals surface area contributed by atoms with Crippen molar-refractivity contribution in [3.63, 3.8) is 0 Å². The Morgan fingerprint density at radius 2 is 2.44 bits per heavy atom. The molecule has 0 saturated carbocycles. The van der Waals surface area contributed by atoms with Crippen molar-refractivity contribution < 1.29 is 4.74 Å². The molecule has 0 aliphatic carbocycles. The number of halogens is 1. The van der Waals surface area contributed by atoms with Crippen molar-refractivity contribution in [3.8, 4) is 0 Å². The van der Waals surface area contributed by atoms with Crippen LogP contribution >= 0.6 is 11.6 Å². The second-order valence-corrected chi connectivity index (χ2v) is 5.75. The van der Waals surface area contributed by atoms with Gasteiger partial charge >= 0.3 is 0 Å². The van der Waals surface area contributed by atoms with Gasteiger partial charge in [-0.2, -0.15) is 5.10 Å². The molecule has 4 heteroatoms. The first-order valence-electron chi connectivity index (χ1n) is 6.83. The number of hydrogen-bond acceptors (Lipinski definition) is 2. The van der Waals surface area contributed by atoms with Crippen LogP contribution in [0.4, 0.5) is 0 Å².